The van der Waals surface area contributed by atoms with Gasteiger partial charge in [0, 0.05) is 8.27 Å². The number of carboxylic acid groups (broad SMARTS) is 1. The summed E-state index contributed by atoms with van der Waals surface area (Å²) in [5.74, 6) is -0.794. The average Bonchev–Trinajstić information content (AvgIpc) is 1.83. The molecule has 5 heteroatoms. The molecule has 0 aliphatic heterocycles. The van der Waals surface area contributed by atoms with E-state index in [9.17, 15) is 9.59 Å². The number of nitrogens with one attached hydrogen (secondary N) is 1. The Kier molecular flexibility index (Phi) is 1.73. The highest BCUT2D eigenvalue weighted by atomic mass is 16.8. The van der Waals surface area contributed by atoms with Gasteiger partial charge in [0.05, 0.1) is 0 Å². The second-order valence-electron chi connectivity index (χ2n) is 0.893. The van der Waals surface area contributed by atoms with Crippen molar-refractivity contribution in [2.75, 3.05) is 0 Å². The molecule has 1 amide bonds. The molecule has 0 aromatic rings. The Morgan fingerprint density at radius 3 is 2.88 bits per heavy atom. The van der Waals surface area contributed by atoms with Crippen molar-refractivity contribution >= 4 is 12.1 Å². The summed E-state index contributed by atoms with van der Waals surface area (Å²) in [5, 5.41) is 7.76. The first-order valence-electron chi connectivity index (χ1n) is 2.35. The Balaban J connectivity index is 3.28. The van der Waals surface area contributed by atoms with Crippen LogP contribution in [0.2, 0.25) is 0 Å². The van der Waals surface area contributed by atoms with E-state index in [1.165, 1.54) is 5.48 Å². The van der Waals surface area contributed by atoms with E-state index < -0.39 is 19.0 Å². The fourth-order valence-corrected chi connectivity index (χ4v) is 0.101. The van der Waals surface area contributed by atoms with Crippen LogP contribution in [-0.2, 0) is 9.63 Å². The summed E-state index contributed by atoms with van der Waals surface area (Å²) in [5.41, 5.74) is 1.51. The van der Waals surface area contributed by atoms with Gasteiger partial charge in [-0.1, -0.05) is 0 Å². The second-order valence-corrected chi connectivity index (χ2v) is 0.893. The Morgan fingerprint density at radius 2 is 2.50 bits per heavy atom. The summed E-state index contributed by atoms with van der Waals surface area (Å²) in [7, 11) is 0. The highest BCUT2D eigenvalue weighted by Gasteiger charge is 1.95. The molecule has 0 atom stereocenters. The minimum atomic E-state index is -1.60. The van der Waals surface area contributed by atoms with Crippen LogP contribution < -0.4 is 5.48 Å². The summed E-state index contributed by atoms with van der Waals surface area (Å²) < 4.78 is 6.37. The number of hydroxylamine groups is 1. The summed E-state index contributed by atoms with van der Waals surface area (Å²) in [6.45, 7) is -0.548. The van der Waals surface area contributed by atoms with Crippen LogP contribution in [0, 0.1) is 0 Å². The van der Waals surface area contributed by atoms with E-state index in [2.05, 4.69) is 4.84 Å². The van der Waals surface area contributed by atoms with Gasteiger partial charge < -0.3 is 9.94 Å². The topological polar surface area (TPSA) is 75.6 Å². The van der Waals surface area contributed by atoms with Gasteiger partial charge in [0.2, 0.25) is 5.91 Å². The van der Waals surface area contributed by atoms with Crippen molar-refractivity contribution < 1.29 is 20.9 Å². The van der Waals surface area contributed by atoms with Gasteiger partial charge in [-0.3, -0.25) is 4.79 Å². The molecule has 8 heavy (non-hydrogen) atoms. The lowest BCUT2D eigenvalue weighted by Gasteiger charge is -1.94. The van der Waals surface area contributed by atoms with Crippen LogP contribution in [0.5, 0.6) is 0 Å². The number of hydrogen-bond donors (Lipinski definition) is 2. The molecule has 5 nitrogen and oxygen atoms in total. The van der Waals surface area contributed by atoms with E-state index in [4.69, 9.17) is 6.48 Å². The number of carbonyl (C=O) groups is 2. The maximum absolute atomic E-state index is 10.0. The van der Waals surface area contributed by atoms with Crippen molar-refractivity contribution in [3.8, 4) is 0 Å². The van der Waals surface area contributed by atoms with Crippen molar-refractivity contribution in [1.29, 1.82) is 0 Å². The summed E-state index contributed by atoms with van der Waals surface area (Å²) >= 11 is 0. The lowest BCUT2D eigenvalue weighted by molar-refractivity contribution is -0.128. The minimum Gasteiger partial charge on any atom is -0.448 e. The Labute approximate surface area is 46.6 Å². The predicted molar refractivity (Wildman–Crippen MR) is 22.9 cm³/mol. The maximum atomic E-state index is 10.0. The maximum Gasteiger partial charge on any atom is 0.530 e. The molecule has 46 valence electrons. The van der Waals surface area contributed by atoms with E-state index >= 15 is 0 Å². The van der Waals surface area contributed by atoms with Gasteiger partial charge in [-0.15, -0.1) is 0 Å². The Morgan fingerprint density at radius 1 is 1.88 bits per heavy atom. The first-order valence-corrected chi connectivity index (χ1v) is 1.64. The number of hydrogen-bond acceptors (Lipinski definition) is 3. The van der Waals surface area contributed by atoms with Gasteiger partial charge in [0.15, 0.2) is 0 Å². The van der Waals surface area contributed by atoms with Crippen LogP contribution in [0.4, 0.5) is 4.79 Å². The Hall–Kier alpha value is -1.26. The normalized spacial score (nSPS) is 9.25. The molecular formula is C3H5NO4. The van der Waals surface area contributed by atoms with Gasteiger partial charge in [0.1, 0.15) is 0 Å². The number of amides is 1. The lowest BCUT2D eigenvalue weighted by atomic mass is 10.8. The van der Waals surface area contributed by atoms with Crippen LogP contribution in [0.25, 0.3) is 0 Å². The predicted octanol–water partition coefficient (Wildman–Crippen LogP) is -0.268. The van der Waals surface area contributed by atoms with Crippen LogP contribution >= 0.6 is 0 Å². The van der Waals surface area contributed by atoms with Gasteiger partial charge in [-0.25, -0.2) is 4.79 Å². The largest absolute Gasteiger partial charge is 0.530 e. The molecule has 0 saturated carbocycles. The highest BCUT2D eigenvalue weighted by Crippen LogP contribution is 1.66. The molecule has 0 unspecified atom stereocenters. The van der Waals surface area contributed by atoms with Crippen molar-refractivity contribution in [2.45, 2.75) is 6.90 Å². The molecule has 2 N–H and O–H groups in total. The highest BCUT2D eigenvalue weighted by molar-refractivity contribution is 5.73. The van der Waals surface area contributed by atoms with Crippen molar-refractivity contribution in [3.63, 3.8) is 0 Å². The fraction of sp³-hybridized carbons (Fsp3) is 0.333. The molecular weight excluding hydrogens is 114 g/mol. The zero-order valence-corrected chi connectivity index (χ0v) is 3.88. The molecule has 0 aliphatic carbocycles. The molecule has 0 heterocycles. The average molecular weight is 120 g/mol. The quantitative estimate of drug-likeness (QED) is 0.431. The third kappa shape index (κ3) is 4.74. The molecule has 0 aromatic heterocycles. The Bertz CT molecular complexity index is 125. The summed E-state index contributed by atoms with van der Waals surface area (Å²) in [4.78, 5) is 23.1. The minimum absolute atomic E-state index is 0.548. The van der Waals surface area contributed by atoms with Crippen molar-refractivity contribution in [1.82, 2.24) is 5.48 Å². The summed E-state index contributed by atoms with van der Waals surface area (Å²) in [6, 6.07) is 0. The molecule has 0 radical (unpaired) electrons. The fourth-order valence-electron chi connectivity index (χ4n) is 0.101. The van der Waals surface area contributed by atoms with Gasteiger partial charge in [-0.05, 0) is 0 Å². The van der Waals surface area contributed by atoms with E-state index in [1.807, 2.05) is 0 Å². The second kappa shape index (κ2) is 2.84. The lowest BCUT2D eigenvalue weighted by Crippen LogP contribution is -2.22. The number of carbonyl (C=O) groups excluding carboxylic acids is 1. The third-order valence-corrected chi connectivity index (χ3v) is 0.252. The van der Waals surface area contributed by atoms with E-state index in [-0.39, 0.29) is 0 Å². The molecule has 0 rings (SSSR count). The van der Waals surface area contributed by atoms with Crippen LogP contribution in [0.1, 0.15) is 8.27 Å². The van der Waals surface area contributed by atoms with E-state index in [1.54, 1.807) is 0 Å². The SMILES string of the molecule is [2H]CC(=O)NOC(=O)O. The van der Waals surface area contributed by atoms with Gasteiger partial charge >= 0.3 is 6.16 Å². The molecule has 0 bridgehead atoms. The zero-order valence-electron chi connectivity index (χ0n) is 4.88. The monoisotopic (exact) mass is 120 g/mol. The number of rotatable bonds is 0. The van der Waals surface area contributed by atoms with Crippen molar-refractivity contribution in [2.24, 2.45) is 0 Å². The zero-order chi connectivity index (χ0) is 7.28. The van der Waals surface area contributed by atoms with Gasteiger partial charge in [-0.2, -0.15) is 5.48 Å². The third-order valence-electron chi connectivity index (χ3n) is 0.252. The van der Waals surface area contributed by atoms with E-state index in [0.717, 1.165) is 0 Å². The molecule has 0 fully saturated rings. The molecule has 0 aromatic carbocycles. The van der Waals surface area contributed by atoms with Crippen LogP contribution in [0.3, 0.4) is 0 Å². The molecule has 0 spiro atoms. The van der Waals surface area contributed by atoms with E-state index in [0.29, 0.717) is 0 Å². The van der Waals surface area contributed by atoms with Crippen LogP contribution in [-0.4, -0.2) is 17.2 Å². The molecule has 0 saturated heterocycles. The molecule has 0 aliphatic rings. The first kappa shape index (κ1) is 4.89. The standard InChI is InChI=1S/C3H5NO4/c1-2(5)4-8-3(6)7/h1H3,(H,4,5)(H,6,7)/i1D. The first-order chi connectivity index (χ1) is 4.16. The summed E-state index contributed by atoms with van der Waals surface area (Å²) in [6.07, 6.45) is -1.60. The van der Waals surface area contributed by atoms with Gasteiger partial charge in [0.25, 0.3) is 0 Å². The smallest absolute Gasteiger partial charge is 0.448 e. The van der Waals surface area contributed by atoms with Crippen LogP contribution in [0.15, 0.2) is 0 Å². The van der Waals surface area contributed by atoms with Crippen molar-refractivity contribution in [3.05, 3.63) is 0 Å².